The van der Waals surface area contributed by atoms with E-state index in [1.165, 1.54) is 24.4 Å². The molecule has 0 amide bonds. The SMILES string of the molecule is CC1CCCN1c1ncns1. The molecule has 0 aliphatic carbocycles. The number of aromatic nitrogens is 2. The second kappa shape index (κ2) is 2.77. The molecular weight excluding hydrogens is 158 g/mol. The molecule has 2 heterocycles. The Morgan fingerprint density at radius 3 is 3.18 bits per heavy atom. The van der Waals surface area contributed by atoms with Crippen LogP contribution in [0.3, 0.4) is 0 Å². The quantitative estimate of drug-likeness (QED) is 0.638. The van der Waals surface area contributed by atoms with E-state index in [2.05, 4.69) is 21.2 Å². The van der Waals surface area contributed by atoms with E-state index in [1.54, 1.807) is 6.33 Å². The van der Waals surface area contributed by atoms with E-state index >= 15 is 0 Å². The molecule has 1 atom stereocenters. The molecule has 1 saturated heterocycles. The Labute approximate surface area is 70.2 Å². The van der Waals surface area contributed by atoms with E-state index in [4.69, 9.17) is 0 Å². The highest BCUT2D eigenvalue weighted by atomic mass is 32.1. The van der Waals surface area contributed by atoms with Crippen LogP contribution in [0, 0.1) is 0 Å². The number of hydrogen-bond donors (Lipinski definition) is 0. The lowest BCUT2D eigenvalue weighted by molar-refractivity contribution is 0.733. The molecule has 1 aliphatic heterocycles. The first-order valence-electron chi connectivity index (χ1n) is 3.91. The summed E-state index contributed by atoms with van der Waals surface area (Å²) >= 11 is 1.49. The van der Waals surface area contributed by atoms with Gasteiger partial charge in [-0.2, -0.15) is 4.37 Å². The zero-order valence-electron chi connectivity index (χ0n) is 6.53. The van der Waals surface area contributed by atoms with E-state index < -0.39 is 0 Å². The van der Waals surface area contributed by atoms with Crippen LogP contribution in [0.25, 0.3) is 0 Å². The predicted molar refractivity (Wildman–Crippen MR) is 46.0 cm³/mol. The van der Waals surface area contributed by atoms with Crippen molar-refractivity contribution in [3.05, 3.63) is 6.33 Å². The molecule has 0 radical (unpaired) electrons. The lowest BCUT2D eigenvalue weighted by atomic mass is 10.2. The minimum absolute atomic E-state index is 0.656. The van der Waals surface area contributed by atoms with Gasteiger partial charge in [-0.1, -0.05) is 0 Å². The Kier molecular flexibility index (Phi) is 1.77. The van der Waals surface area contributed by atoms with Crippen LogP contribution in [0.5, 0.6) is 0 Å². The summed E-state index contributed by atoms with van der Waals surface area (Å²) in [5.74, 6) is 0. The Morgan fingerprint density at radius 1 is 1.73 bits per heavy atom. The average Bonchev–Trinajstić information content (AvgIpc) is 2.55. The number of nitrogens with zero attached hydrogens (tertiary/aromatic N) is 3. The minimum Gasteiger partial charge on any atom is -0.344 e. The largest absolute Gasteiger partial charge is 0.344 e. The van der Waals surface area contributed by atoms with Gasteiger partial charge in [0.15, 0.2) is 0 Å². The third-order valence-corrected chi connectivity index (χ3v) is 2.85. The molecule has 2 rings (SSSR count). The molecule has 1 aromatic rings. The molecule has 1 aromatic heterocycles. The average molecular weight is 169 g/mol. The number of hydrogen-bond acceptors (Lipinski definition) is 4. The molecule has 0 bridgehead atoms. The fourth-order valence-electron chi connectivity index (χ4n) is 1.51. The normalized spacial score (nSPS) is 24.5. The Bertz CT molecular complexity index is 222. The van der Waals surface area contributed by atoms with E-state index in [-0.39, 0.29) is 0 Å². The van der Waals surface area contributed by atoms with Crippen LogP contribution in [-0.4, -0.2) is 21.9 Å². The summed E-state index contributed by atoms with van der Waals surface area (Å²) in [5, 5.41) is 1.08. The van der Waals surface area contributed by atoms with Crippen LogP contribution in [0.4, 0.5) is 5.13 Å². The first kappa shape index (κ1) is 7.03. The molecule has 0 N–H and O–H groups in total. The predicted octanol–water partition coefficient (Wildman–Crippen LogP) is 1.53. The Morgan fingerprint density at radius 2 is 2.64 bits per heavy atom. The maximum atomic E-state index is 4.18. The standard InChI is InChI=1S/C7H11N3S/c1-6-3-2-4-10(6)7-8-5-9-11-7/h5-6H,2-4H2,1H3. The highest BCUT2D eigenvalue weighted by Crippen LogP contribution is 2.25. The molecule has 4 heteroatoms. The molecule has 3 nitrogen and oxygen atoms in total. The van der Waals surface area contributed by atoms with Gasteiger partial charge in [-0.15, -0.1) is 0 Å². The summed E-state index contributed by atoms with van der Waals surface area (Å²) in [6.07, 6.45) is 4.21. The molecular formula is C7H11N3S. The van der Waals surface area contributed by atoms with Gasteiger partial charge in [-0.05, 0) is 19.8 Å². The van der Waals surface area contributed by atoms with Crippen molar-refractivity contribution in [3.8, 4) is 0 Å². The summed E-state index contributed by atoms with van der Waals surface area (Å²) in [6, 6.07) is 0.656. The molecule has 0 aromatic carbocycles. The molecule has 0 spiro atoms. The molecule has 0 saturated carbocycles. The third kappa shape index (κ3) is 1.22. The van der Waals surface area contributed by atoms with Crippen LogP contribution < -0.4 is 4.90 Å². The van der Waals surface area contributed by atoms with E-state index in [1.807, 2.05) is 0 Å². The van der Waals surface area contributed by atoms with Gasteiger partial charge in [-0.3, -0.25) is 0 Å². The van der Waals surface area contributed by atoms with Gasteiger partial charge in [0.05, 0.1) is 0 Å². The van der Waals surface area contributed by atoms with Gasteiger partial charge < -0.3 is 4.90 Å². The van der Waals surface area contributed by atoms with Crippen molar-refractivity contribution >= 4 is 16.7 Å². The van der Waals surface area contributed by atoms with Crippen molar-refractivity contribution in [1.29, 1.82) is 0 Å². The zero-order chi connectivity index (χ0) is 7.68. The second-order valence-corrected chi connectivity index (χ2v) is 3.67. The summed E-state index contributed by atoms with van der Waals surface area (Å²) in [7, 11) is 0. The van der Waals surface area contributed by atoms with Gasteiger partial charge in [0.2, 0.25) is 5.13 Å². The smallest absolute Gasteiger partial charge is 0.205 e. The fraction of sp³-hybridized carbons (Fsp3) is 0.714. The van der Waals surface area contributed by atoms with Crippen molar-refractivity contribution in [2.24, 2.45) is 0 Å². The van der Waals surface area contributed by atoms with Gasteiger partial charge in [0.25, 0.3) is 0 Å². The first-order valence-corrected chi connectivity index (χ1v) is 4.68. The van der Waals surface area contributed by atoms with Crippen LogP contribution in [0.2, 0.25) is 0 Å². The van der Waals surface area contributed by atoms with Crippen molar-refractivity contribution < 1.29 is 0 Å². The van der Waals surface area contributed by atoms with Gasteiger partial charge >= 0.3 is 0 Å². The zero-order valence-corrected chi connectivity index (χ0v) is 7.34. The lowest BCUT2D eigenvalue weighted by Crippen LogP contribution is -2.25. The van der Waals surface area contributed by atoms with Crippen molar-refractivity contribution in [3.63, 3.8) is 0 Å². The topological polar surface area (TPSA) is 29.0 Å². The summed E-state index contributed by atoms with van der Waals surface area (Å²) in [4.78, 5) is 6.51. The number of rotatable bonds is 1. The van der Waals surface area contributed by atoms with E-state index in [0.717, 1.165) is 11.7 Å². The van der Waals surface area contributed by atoms with Gasteiger partial charge in [0, 0.05) is 24.1 Å². The highest BCUT2D eigenvalue weighted by Gasteiger charge is 2.22. The summed E-state index contributed by atoms with van der Waals surface area (Å²) in [5.41, 5.74) is 0. The van der Waals surface area contributed by atoms with Crippen LogP contribution in [0.1, 0.15) is 19.8 Å². The molecule has 1 aliphatic rings. The monoisotopic (exact) mass is 169 g/mol. The van der Waals surface area contributed by atoms with Gasteiger partial charge in [-0.25, -0.2) is 4.98 Å². The van der Waals surface area contributed by atoms with Gasteiger partial charge in [0.1, 0.15) is 6.33 Å². The van der Waals surface area contributed by atoms with E-state index in [0.29, 0.717) is 6.04 Å². The Balaban J connectivity index is 2.16. The molecule has 1 fully saturated rings. The van der Waals surface area contributed by atoms with Crippen LogP contribution in [0.15, 0.2) is 6.33 Å². The summed E-state index contributed by atoms with van der Waals surface area (Å²) < 4.78 is 3.99. The highest BCUT2D eigenvalue weighted by molar-refractivity contribution is 7.09. The minimum atomic E-state index is 0.656. The van der Waals surface area contributed by atoms with Crippen molar-refractivity contribution in [2.75, 3.05) is 11.4 Å². The van der Waals surface area contributed by atoms with Crippen molar-refractivity contribution in [2.45, 2.75) is 25.8 Å². The van der Waals surface area contributed by atoms with Crippen LogP contribution in [-0.2, 0) is 0 Å². The third-order valence-electron chi connectivity index (χ3n) is 2.15. The van der Waals surface area contributed by atoms with Crippen molar-refractivity contribution in [1.82, 2.24) is 9.36 Å². The maximum absolute atomic E-state index is 4.18. The Hall–Kier alpha value is -0.640. The maximum Gasteiger partial charge on any atom is 0.205 e. The summed E-state index contributed by atoms with van der Waals surface area (Å²) in [6.45, 7) is 3.39. The molecule has 11 heavy (non-hydrogen) atoms. The molecule has 1 unspecified atom stereocenters. The lowest BCUT2D eigenvalue weighted by Gasteiger charge is -2.18. The number of anilines is 1. The fourth-order valence-corrected chi connectivity index (χ4v) is 2.17. The van der Waals surface area contributed by atoms with E-state index in [9.17, 15) is 0 Å². The molecule has 60 valence electrons. The van der Waals surface area contributed by atoms with Crippen LogP contribution >= 0.6 is 11.5 Å². The first-order chi connectivity index (χ1) is 5.38. The second-order valence-electron chi connectivity index (χ2n) is 2.91.